The molecule has 6 nitrogen and oxygen atoms in total. The highest BCUT2D eigenvalue weighted by atomic mass is 35.5. The SMILES string of the molecule is COc1cc(NC(=O)c2sc(-c3ccc(Cl)cc3)nc2CCO)ccc1O[Si](C)(C)C(C)(C)C. The molecule has 1 amide bonds. The second kappa shape index (κ2) is 10.5. The molecule has 2 N–H and O–H groups in total. The Morgan fingerprint density at radius 3 is 2.41 bits per heavy atom. The van der Waals surface area contributed by atoms with Crippen LogP contribution in [0.4, 0.5) is 5.69 Å². The number of hydrogen-bond acceptors (Lipinski definition) is 6. The fourth-order valence-electron chi connectivity index (χ4n) is 2.97. The van der Waals surface area contributed by atoms with Crippen molar-refractivity contribution in [1.29, 1.82) is 0 Å². The fourth-order valence-corrected chi connectivity index (χ4v) is 5.13. The van der Waals surface area contributed by atoms with E-state index in [1.807, 2.05) is 18.2 Å². The maximum absolute atomic E-state index is 13.1. The summed E-state index contributed by atoms with van der Waals surface area (Å²) >= 11 is 7.27. The first kappa shape index (κ1) is 26.2. The number of aliphatic hydroxyl groups excluding tert-OH is 1. The predicted molar refractivity (Wildman–Crippen MR) is 142 cm³/mol. The van der Waals surface area contributed by atoms with E-state index in [0.717, 1.165) is 5.56 Å². The molecule has 3 rings (SSSR count). The Labute approximate surface area is 211 Å². The summed E-state index contributed by atoms with van der Waals surface area (Å²) in [5, 5.41) is 13.8. The van der Waals surface area contributed by atoms with Gasteiger partial charge in [-0.3, -0.25) is 4.79 Å². The van der Waals surface area contributed by atoms with Gasteiger partial charge in [-0.05, 0) is 42.4 Å². The molecule has 3 aromatic rings. The predicted octanol–water partition coefficient (Wildman–Crippen LogP) is 6.64. The maximum Gasteiger partial charge on any atom is 0.267 e. The monoisotopic (exact) mass is 518 g/mol. The van der Waals surface area contributed by atoms with Crippen molar-refractivity contribution in [2.75, 3.05) is 19.0 Å². The molecule has 182 valence electrons. The van der Waals surface area contributed by atoms with Gasteiger partial charge in [-0.15, -0.1) is 11.3 Å². The van der Waals surface area contributed by atoms with Crippen LogP contribution in [-0.2, 0) is 6.42 Å². The number of carbonyl (C=O) groups is 1. The summed E-state index contributed by atoms with van der Waals surface area (Å²) in [5.41, 5.74) is 2.00. The molecule has 0 saturated carbocycles. The molecule has 0 spiro atoms. The van der Waals surface area contributed by atoms with Crippen molar-refractivity contribution in [2.45, 2.75) is 45.3 Å². The molecule has 1 heterocycles. The molecule has 0 fully saturated rings. The van der Waals surface area contributed by atoms with Gasteiger partial charge in [0.2, 0.25) is 0 Å². The summed E-state index contributed by atoms with van der Waals surface area (Å²) in [6.45, 7) is 10.8. The zero-order valence-corrected chi connectivity index (χ0v) is 22.9. The van der Waals surface area contributed by atoms with Crippen LogP contribution in [0.3, 0.4) is 0 Å². The van der Waals surface area contributed by atoms with E-state index < -0.39 is 8.32 Å². The Morgan fingerprint density at radius 1 is 1.15 bits per heavy atom. The van der Waals surface area contributed by atoms with E-state index in [1.165, 1.54) is 11.3 Å². The van der Waals surface area contributed by atoms with Gasteiger partial charge in [0, 0.05) is 35.4 Å². The highest BCUT2D eigenvalue weighted by Gasteiger charge is 2.39. The van der Waals surface area contributed by atoms with E-state index in [9.17, 15) is 9.90 Å². The van der Waals surface area contributed by atoms with Gasteiger partial charge in [0.25, 0.3) is 14.2 Å². The van der Waals surface area contributed by atoms with Crippen LogP contribution < -0.4 is 14.5 Å². The van der Waals surface area contributed by atoms with Gasteiger partial charge in [0.1, 0.15) is 15.6 Å². The zero-order valence-electron chi connectivity index (χ0n) is 20.4. The summed E-state index contributed by atoms with van der Waals surface area (Å²) in [6, 6.07) is 12.7. The highest BCUT2D eigenvalue weighted by molar-refractivity contribution is 7.17. The van der Waals surface area contributed by atoms with Gasteiger partial charge in [-0.1, -0.05) is 44.5 Å². The Kier molecular flexibility index (Phi) is 8.08. The number of anilines is 1. The minimum Gasteiger partial charge on any atom is -0.541 e. The summed E-state index contributed by atoms with van der Waals surface area (Å²) in [4.78, 5) is 18.2. The third-order valence-electron chi connectivity index (χ3n) is 5.94. The van der Waals surface area contributed by atoms with Crippen LogP contribution in [0.5, 0.6) is 11.5 Å². The molecule has 0 saturated heterocycles. The van der Waals surface area contributed by atoms with Crippen molar-refractivity contribution in [1.82, 2.24) is 4.98 Å². The number of nitrogens with one attached hydrogen (secondary N) is 1. The quantitative estimate of drug-likeness (QED) is 0.326. The third kappa shape index (κ3) is 5.99. The first-order valence-electron chi connectivity index (χ1n) is 11.0. The van der Waals surface area contributed by atoms with Gasteiger partial charge >= 0.3 is 0 Å². The number of hydrogen-bond donors (Lipinski definition) is 2. The normalized spacial score (nSPS) is 11.9. The summed E-state index contributed by atoms with van der Waals surface area (Å²) in [5.74, 6) is 0.932. The van der Waals surface area contributed by atoms with Crippen molar-refractivity contribution in [3.05, 3.63) is 58.1 Å². The standard InChI is InChI=1S/C25H31ClN2O4SSi/c1-25(2,3)34(5,6)32-20-12-11-18(15-21(20)31-4)27-23(30)22-19(13-14-29)28-24(33-22)16-7-9-17(26)10-8-16/h7-12,15,29H,13-14H2,1-6H3,(H,27,30). The van der Waals surface area contributed by atoms with Crippen LogP contribution in [0.15, 0.2) is 42.5 Å². The second-order valence-electron chi connectivity index (χ2n) is 9.46. The number of nitrogens with zero attached hydrogens (tertiary/aromatic N) is 1. The van der Waals surface area contributed by atoms with Gasteiger partial charge in [-0.25, -0.2) is 4.98 Å². The van der Waals surface area contributed by atoms with Crippen molar-refractivity contribution in [3.8, 4) is 22.1 Å². The first-order valence-corrected chi connectivity index (χ1v) is 15.1. The zero-order chi connectivity index (χ0) is 25.1. The number of ether oxygens (including phenoxy) is 1. The molecule has 0 aliphatic heterocycles. The number of thiazole rings is 1. The lowest BCUT2D eigenvalue weighted by Crippen LogP contribution is -2.43. The first-order chi connectivity index (χ1) is 15.9. The van der Waals surface area contributed by atoms with Crippen molar-refractivity contribution in [3.63, 3.8) is 0 Å². The lowest BCUT2D eigenvalue weighted by Gasteiger charge is -2.36. The van der Waals surface area contributed by atoms with Crippen LogP contribution in [0.25, 0.3) is 10.6 Å². The van der Waals surface area contributed by atoms with Crippen LogP contribution >= 0.6 is 22.9 Å². The fraction of sp³-hybridized carbons (Fsp3) is 0.360. The molecular formula is C25H31ClN2O4SSi. The lowest BCUT2D eigenvalue weighted by molar-refractivity contribution is 0.102. The van der Waals surface area contributed by atoms with E-state index in [-0.39, 0.29) is 24.0 Å². The summed E-state index contributed by atoms with van der Waals surface area (Å²) in [6.07, 6.45) is 0.287. The number of aliphatic hydroxyl groups is 1. The molecule has 0 radical (unpaired) electrons. The Morgan fingerprint density at radius 2 is 1.82 bits per heavy atom. The number of methoxy groups -OCH3 is 1. The molecule has 34 heavy (non-hydrogen) atoms. The Hall–Kier alpha value is -2.39. The number of carbonyl (C=O) groups excluding carboxylic acids is 1. The number of rotatable bonds is 8. The van der Waals surface area contributed by atoms with Crippen molar-refractivity contribution >= 4 is 42.8 Å². The molecule has 9 heteroatoms. The van der Waals surface area contributed by atoms with Gasteiger partial charge in [0.15, 0.2) is 5.75 Å². The Bertz CT molecular complexity index is 1160. The number of amides is 1. The molecule has 0 aliphatic rings. The maximum atomic E-state index is 13.1. The van der Waals surface area contributed by atoms with E-state index in [4.69, 9.17) is 20.8 Å². The Balaban J connectivity index is 1.85. The van der Waals surface area contributed by atoms with E-state index in [0.29, 0.717) is 37.8 Å². The van der Waals surface area contributed by atoms with Crippen molar-refractivity contribution < 1.29 is 19.1 Å². The van der Waals surface area contributed by atoms with Crippen LogP contribution in [0.2, 0.25) is 23.2 Å². The van der Waals surface area contributed by atoms with Gasteiger partial charge < -0.3 is 19.6 Å². The van der Waals surface area contributed by atoms with Crippen LogP contribution in [0, 0.1) is 0 Å². The minimum absolute atomic E-state index is 0.0436. The summed E-state index contributed by atoms with van der Waals surface area (Å²) in [7, 11) is -0.467. The van der Waals surface area contributed by atoms with Gasteiger partial charge in [0.05, 0.1) is 12.8 Å². The van der Waals surface area contributed by atoms with E-state index in [1.54, 1.807) is 31.4 Å². The molecule has 0 aliphatic carbocycles. The second-order valence-corrected chi connectivity index (χ2v) is 15.6. The minimum atomic E-state index is -2.05. The molecule has 1 aromatic heterocycles. The van der Waals surface area contributed by atoms with Crippen LogP contribution in [0.1, 0.15) is 36.1 Å². The largest absolute Gasteiger partial charge is 0.541 e. The number of aromatic nitrogens is 1. The average molecular weight is 519 g/mol. The molecule has 0 bridgehead atoms. The molecule has 0 unspecified atom stereocenters. The average Bonchev–Trinajstić information content (AvgIpc) is 3.18. The molecule has 2 aromatic carbocycles. The smallest absolute Gasteiger partial charge is 0.267 e. The highest BCUT2D eigenvalue weighted by Crippen LogP contribution is 2.41. The number of halogens is 1. The van der Waals surface area contributed by atoms with Crippen LogP contribution in [-0.4, -0.2) is 38.0 Å². The molecule has 0 atom stereocenters. The number of benzene rings is 2. The van der Waals surface area contributed by atoms with Gasteiger partial charge in [-0.2, -0.15) is 0 Å². The summed E-state index contributed by atoms with van der Waals surface area (Å²) < 4.78 is 12.0. The lowest BCUT2D eigenvalue weighted by atomic mass is 10.2. The van der Waals surface area contributed by atoms with Crippen molar-refractivity contribution in [2.24, 2.45) is 0 Å². The van der Waals surface area contributed by atoms with E-state index >= 15 is 0 Å². The van der Waals surface area contributed by atoms with E-state index in [2.05, 4.69) is 44.2 Å². The topological polar surface area (TPSA) is 80.7 Å². The molecular weight excluding hydrogens is 488 g/mol. The third-order valence-corrected chi connectivity index (χ3v) is 11.7.